The lowest BCUT2D eigenvalue weighted by atomic mass is 10.0. The lowest BCUT2D eigenvalue weighted by molar-refractivity contribution is -0.117. The van der Waals surface area contributed by atoms with Crippen LogP contribution in [0.4, 0.5) is 11.5 Å². The van der Waals surface area contributed by atoms with Crippen LogP contribution in [-0.4, -0.2) is 27.0 Å². The Balaban J connectivity index is 1.46. The normalized spacial score (nSPS) is 13.1. The molecule has 0 unspecified atom stereocenters. The van der Waals surface area contributed by atoms with Gasteiger partial charge in [-0.1, -0.05) is 35.9 Å². The average Bonchev–Trinajstić information content (AvgIpc) is 3.31. The Hall–Kier alpha value is -3.67. The van der Waals surface area contributed by atoms with Crippen molar-refractivity contribution in [2.75, 3.05) is 17.2 Å². The van der Waals surface area contributed by atoms with Crippen LogP contribution >= 0.6 is 0 Å². The van der Waals surface area contributed by atoms with Crippen molar-refractivity contribution in [1.82, 2.24) is 14.5 Å². The highest BCUT2D eigenvalue weighted by Crippen LogP contribution is 2.37. The van der Waals surface area contributed by atoms with E-state index in [-0.39, 0.29) is 5.91 Å². The van der Waals surface area contributed by atoms with E-state index in [1.54, 1.807) is 0 Å². The highest BCUT2D eigenvalue weighted by Gasteiger charge is 2.25. The van der Waals surface area contributed by atoms with Crippen molar-refractivity contribution in [3.8, 4) is 11.1 Å². The largest absolute Gasteiger partial charge is 0.383 e. The van der Waals surface area contributed by atoms with E-state index in [0.29, 0.717) is 18.8 Å². The van der Waals surface area contributed by atoms with Crippen LogP contribution in [-0.2, 0) is 24.7 Å². The molecule has 2 aromatic heterocycles. The van der Waals surface area contributed by atoms with Crippen molar-refractivity contribution >= 4 is 28.4 Å². The van der Waals surface area contributed by atoms with Crippen LogP contribution in [0.2, 0.25) is 0 Å². The van der Waals surface area contributed by atoms with Crippen LogP contribution < -0.4 is 10.6 Å². The molecule has 2 aromatic carbocycles. The first-order valence-corrected chi connectivity index (χ1v) is 10.1. The molecule has 2 N–H and O–H groups in total. The number of amides is 1. The Morgan fingerprint density at radius 2 is 1.93 bits per heavy atom. The second-order valence-corrected chi connectivity index (χ2v) is 7.91. The minimum absolute atomic E-state index is 0.133. The third-order valence-electron chi connectivity index (χ3n) is 5.85. The molecule has 0 bridgehead atoms. The van der Waals surface area contributed by atoms with Crippen molar-refractivity contribution < 1.29 is 4.79 Å². The fourth-order valence-electron chi connectivity index (χ4n) is 4.26. The van der Waals surface area contributed by atoms with Crippen LogP contribution in [0.5, 0.6) is 0 Å². The van der Waals surface area contributed by atoms with Crippen molar-refractivity contribution in [2.24, 2.45) is 7.05 Å². The molecule has 6 heteroatoms. The van der Waals surface area contributed by atoms with Crippen LogP contribution in [0.15, 0.2) is 55.0 Å². The molecule has 0 fully saturated rings. The van der Waals surface area contributed by atoms with Gasteiger partial charge in [-0.2, -0.15) is 0 Å². The number of nitrogens with two attached hydrogens (primary N) is 1. The number of aromatic nitrogens is 3. The van der Waals surface area contributed by atoms with Crippen LogP contribution in [0.3, 0.4) is 0 Å². The maximum absolute atomic E-state index is 12.9. The first-order chi connectivity index (χ1) is 14.5. The number of carbonyl (C=O) groups excluding carboxylic acids is 1. The summed E-state index contributed by atoms with van der Waals surface area (Å²) in [6, 6.07) is 14.4. The summed E-state index contributed by atoms with van der Waals surface area (Å²) < 4.78 is 1.97. The zero-order chi connectivity index (χ0) is 20.8. The third-order valence-corrected chi connectivity index (χ3v) is 5.85. The fourth-order valence-corrected chi connectivity index (χ4v) is 4.26. The maximum Gasteiger partial charge on any atom is 0.231 e. The summed E-state index contributed by atoms with van der Waals surface area (Å²) in [6.07, 6.45) is 4.78. The predicted octanol–water partition coefficient (Wildman–Crippen LogP) is 3.66. The molecule has 3 heterocycles. The summed E-state index contributed by atoms with van der Waals surface area (Å²) in [6.45, 7) is 2.76. The van der Waals surface area contributed by atoms with E-state index in [0.717, 1.165) is 39.8 Å². The number of fused-ring (bicyclic) bond motifs is 2. The molecule has 0 saturated carbocycles. The Morgan fingerprint density at radius 3 is 2.73 bits per heavy atom. The van der Waals surface area contributed by atoms with Gasteiger partial charge in [0.15, 0.2) is 0 Å². The first kappa shape index (κ1) is 18.4. The van der Waals surface area contributed by atoms with E-state index in [9.17, 15) is 4.79 Å². The summed E-state index contributed by atoms with van der Waals surface area (Å²) in [5, 5.41) is 0.866. The number of benzene rings is 2. The molecule has 150 valence electrons. The van der Waals surface area contributed by atoms with Crippen molar-refractivity contribution in [3.63, 3.8) is 0 Å². The molecule has 0 spiro atoms. The molecule has 0 aliphatic carbocycles. The second-order valence-electron chi connectivity index (χ2n) is 7.91. The van der Waals surface area contributed by atoms with E-state index >= 15 is 0 Å². The molecule has 5 rings (SSSR count). The molecule has 1 aliphatic rings. The van der Waals surface area contributed by atoms with Gasteiger partial charge in [-0.25, -0.2) is 9.97 Å². The number of anilines is 2. The minimum atomic E-state index is 0.133. The van der Waals surface area contributed by atoms with Gasteiger partial charge in [-0.15, -0.1) is 0 Å². The fraction of sp³-hybridized carbons (Fsp3) is 0.208. The summed E-state index contributed by atoms with van der Waals surface area (Å²) in [7, 11) is 1.96. The maximum atomic E-state index is 12.9. The summed E-state index contributed by atoms with van der Waals surface area (Å²) in [5.74, 6) is 0.610. The summed E-state index contributed by atoms with van der Waals surface area (Å²) >= 11 is 0. The molecule has 0 saturated heterocycles. The van der Waals surface area contributed by atoms with Gasteiger partial charge in [-0.3, -0.25) is 4.79 Å². The molecule has 0 atom stereocenters. The number of hydrogen-bond acceptors (Lipinski definition) is 4. The topological polar surface area (TPSA) is 77.0 Å². The number of carbonyl (C=O) groups is 1. The zero-order valence-electron chi connectivity index (χ0n) is 17.1. The Kier molecular flexibility index (Phi) is 4.28. The lowest BCUT2D eigenvalue weighted by Crippen LogP contribution is -2.30. The minimum Gasteiger partial charge on any atom is -0.383 e. The number of aryl methyl sites for hydroxylation is 2. The van der Waals surface area contributed by atoms with Gasteiger partial charge < -0.3 is 15.2 Å². The number of rotatable bonds is 3. The van der Waals surface area contributed by atoms with Crippen molar-refractivity contribution in [2.45, 2.75) is 19.8 Å². The van der Waals surface area contributed by atoms with Crippen molar-refractivity contribution in [3.05, 3.63) is 71.7 Å². The first-order valence-electron chi connectivity index (χ1n) is 10.1. The van der Waals surface area contributed by atoms with E-state index in [2.05, 4.69) is 29.0 Å². The van der Waals surface area contributed by atoms with E-state index in [4.69, 9.17) is 5.73 Å². The molecular formula is C24H23N5O. The molecule has 0 radical (unpaired) electrons. The number of nitrogens with zero attached hydrogens (tertiary/aromatic N) is 4. The van der Waals surface area contributed by atoms with Gasteiger partial charge in [0.1, 0.15) is 17.8 Å². The van der Waals surface area contributed by atoms with Gasteiger partial charge in [0.25, 0.3) is 0 Å². The molecule has 4 aromatic rings. The quantitative estimate of drug-likeness (QED) is 0.572. The van der Waals surface area contributed by atoms with Crippen LogP contribution in [0.25, 0.3) is 22.2 Å². The molecular weight excluding hydrogens is 374 g/mol. The Bertz CT molecular complexity index is 1270. The third kappa shape index (κ3) is 3.01. The number of hydrogen-bond donors (Lipinski definition) is 1. The monoisotopic (exact) mass is 397 g/mol. The smallest absolute Gasteiger partial charge is 0.231 e. The van der Waals surface area contributed by atoms with Crippen LogP contribution in [0, 0.1) is 6.92 Å². The molecule has 6 nitrogen and oxygen atoms in total. The zero-order valence-corrected chi connectivity index (χ0v) is 17.1. The van der Waals surface area contributed by atoms with E-state index in [1.807, 2.05) is 53.0 Å². The van der Waals surface area contributed by atoms with Crippen LogP contribution in [0.1, 0.15) is 16.7 Å². The Morgan fingerprint density at radius 1 is 1.13 bits per heavy atom. The highest BCUT2D eigenvalue weighted by molar-refractivity contribution is 6.02. The summed E-state index contributed by atoms with van der Waals surface area (Å²) in [5.41, 5.74) is 13.5. The van der Waals surface area contributed by atoms with Gasteiger partial charge in [-0.05, 0) is 42.2 Å². The summed E-state index contributed by atoms with van der Waals surface area (Å²) in [4.78, 5) is 23.4. The Labute approximate surface area is 175 Å². The standard InChI is InChI=1S/C24H23N5O/c1-15-3-5-16(6-4-15)11-21(30)29-10-9-18-12-17(7-8-20(18)29)19-13-28(2)24-22(19)23(25)26-14-27-24/h3-8,12-14H,9-11H2,1-2H3,(H2,25,26,27). The predicted molar refractivity (Wildman–Crippen MR) is 119 cm³/mol. The average molecular weight is 397 g/mol. The van der Waals surface area contributed by atoms with Gasteiger partial charge in [0.2, 0.25) is 5.91 Å². The van der Waals surface area contributed by atoms with E-state index in [1.165, 1.54) is 17.5 Å². The number of nitrogen functional groups attached to an aromatic ring is 1. The van der Waals surface area contributed by atoms with Crippen molar-refractivity contribution in [1.29, 1.82) is 0 Å². The van der Waals surface area contributed by atoms with Gasteiger partial charge in [0.05, 0.1) is 11.8 Å². The second kappa shape index (κ2) is 6.99. The van der Waals surface area contributed by atoms with Gasteiger partial charge in [0, 0.05) is 31.0 Å². The molecule has 1 amide bonds. The SMILES string of the molecule is Cc1ccc(CC(=O)N2CCc3cc(-c4cn(C)c5ncnc(N)c45)ccc32)cc1. The lowest BCUT2D eigenvalue weighted by Gasteiger charge is -2.18. The highest BCUT2D eigenvalue weighted by atomic mass is 16.2. The van der Waals surface area contributed by atoms with Gasteiger partial charge >= 0.3 is 0 Å². The molecule has 30 heavy (non-hydrogen) atoms. The molecule has 1 aliphatic heterocycles. The van der Waals surface area contributed by atoms with E-state index < -0.39 is 0 Å².